The highest BCUT2D eigenvalue weighted by Gasteiger charge is 2.09. The summed E-state index contributed by atoms with van der Waals surface area (Å²) in [5, 5.41) is 2.70. The fourth-order valence-corrected chi connectivity index (χ4v) is 4.08. The van der Waals surface area contributed by atoms with E-state index in [9.17, 15) is 4.79 Å². The fraction of sp³-hybridized carbons (Fsp3) is 0.0714. The van der Waals surface area contributed by atoms with Crippen LogP contribution >= 0.6 is 11.6 Å². The van der Waals surface area contributed by atoms with E-state index in [4.69, 9.17) is 21.3 Å². The minimum Gasteiger partial charge on any atom is -0.487 e. The Morgan fingerprint density at radius 2 is 1.79 bits per heavy atom. The molecule has 162 valence electrons. The molecule has 0 saturated heterocycles. The van der Waals surface area contributed by atoms with Gasteiger partial charge in [-0.1, -0.05) is 72.3 Å². The first-order valence-corrected chi connectivity index (χ1v) is 11.0. The molecule has 3 aromatic carbocycles. The van der Waals surface area contributed by atoms with Crippen molar-refractivity contribution in [1.82, 2.24) is 9.55 Å². The van der Waals surface area contributed by atoms with E-state index in [1.54, 1.807) is 11.5 Å². The molecule has 0 unspecified atom stereocenters. The molecule has 0 amide bonds. The molecule has 4 nitrogen and oxygen atoms in total. The molecule has 0 radical (unpaired) electrons. The maximum atomic E-state index is 12.0. The Balaban J connectivity index is 1.47. The zero-order valence-electron chi connectivity index (χ0n) is 18.0. The van der Waals surface area contributed by atoms with Crippen LogP contribution in [0.1, 0.15) is 28.5 Å². The number of carbonyl (C=O) groups is 1. The molecule has 2 heterocycles. The first-order valence-electron chi connectivity index (χ1n) is 10.7. The smallest absolute Gasteiger partial charge is 0.227 e. The summed E-state index contributed by atoms with van der Waals surface area (Å²) in [4.78, 5) is 16.8. The summed E-state index contributed by atoms with van der Waals surface area (Å²) in [6.45, 7) is 1.93. The van der Waals surface area contributed by atoms with Crippen molar-refractivity contribution in [2.45, 2.75) is 13.5 Å². The number of carbonyl (C=O) groups excluding carboxylic acids is 1. The summed E-state index contributed by atoms with van der Waals surface area (Å²) >= 11 is 6.27. The van der Waals surface area contributed by atoms with Gasteiger partial charge >= 0.3 is 0 Å². The minimum atomic E-state index is -0.0185. The number of nitrogens with zero attached hydrogens (tertiary/aromatic N) is 2. The molecule has 0 spiro atoms. The molecule has 33 heavy (non-hydrogen) atoms. The van der Waals surface area contributed by atoms with E-state index in [0.29, 0.717) is 17.4 Å². The molecule has 0 saturated carbocycles. The van der Waals surface area contributed by atoms with E-state index < -0.39 is 0 Å². The van der Waals surface area contributed by atoms with Crippen molar-refractivity contribution in [1.29, 1.82) is 0 Å². The highest BCUT2D eigenvalue weighted by Crippen LogP contribution is 2.27. The van der Waals surface area contributed by atoms with Crippen LogP contribution in [0.4, 0.5) is 0 Å². The number of aromatic nitrogens is 2. The molecule has 0 bridgehead atoms. The lowest BCUT2D eigenvalue weighted by molar-refractivity contribution is 0.0941. The van der Waals surface area contributed by atoms with Crippen molar-refractivity contribution < 1.29 is 9.53 Å². The third-order valence-electron chi connectivity index (χ3n) is 5.56. The van der Waals surface area contributed by atoms with Crippen molar-refractivity contribution in [3.05, 3.63) is 107 Å². The van der Waals surface area contributed by atoms with Gasteiger partial charge in [0, 0.05) is 40.0 Å². The average molecular weight is 453 g/mol. The van der Waals surface area contributed by atoms with Crippen molar-refractivity contribution >= 4 is 51.5 Å². The van der Waals surface area contributed by atoms with E-state index in [2.05, 4.69) is 0 Å². The Hall–Kier alpha value is -3.89. The highest BCUT2D eigenvalue weighted by molar-refractivity contribution is 6.31. The third kappa shape index (κ3) is 4.26. The minimum absolute atomic E-state index is 0.0185. The molecule has 2 aromatic heterocycles. The van der Waals surface area contributed by atoms with Crippen LogP contribution in [0.25, 0.3) is 34.0 Å². The largest absolute Gasteiger partial charge is 0.487 e. The topological polar surface area (TPSA) is 44.1 Å². The van der Waals surface area contributed by atoms with Crippen LogP contribution in [0.3, 0.4) is 0 Å². The second kappa shape index (κ2) is 8.93. The van der Waals surface area contributed by atoms with E-state index in [1.807, 2.05) is 97.2 Å². The van der Waals surface area contributed by atoms with E-state index >= 15 is 0 Å². The van der Waals surface area contributed by atoms with Crippen LogP contribution in [0, 0.1) is 0 Å². The predicted octanol–water partition coefficient (Wildman–Crippen LogP) is 7.25. The van der Waals surface area contributed by atoms with Gasteiger partial charge in [0.05, 0.1) is 11.2 Å². The van der Waals surface area contributed by atoms with Gasteiger partial charge in [0.2, 0.25) is 5.91 Å². The van der Waals surface area contributed by atoms with Gasteiger partial charge < -0.3 is 4.74 Å². The lowest BCUT2D eigenvalue weighted by Gasteiger charge is -2.10. The summed E-state index contributed by atoms with van der Waals surface area (Å²) in [5.41, 5.74) is 4.38. The Kier molecular flexibility index (Phi) is 5.68. The van der Waals surface area contributed by atoms with Gasteiger partial charge in [-0.05, 0) is 30.3 Å². The number of hydrogen-bond donors (Lipinski definition) is 0. The van der Waals surface area contributed by atoms with Crippen LogP contribution < -0.4 is 4.74 Å². The first-order chi connectivity index (χ1) is 16.1. The Bertz CT molecular complexity index is 1520. The van der Waals surface area contributed by atoms with Crippen LogP contribution in [0.2, 0.25) is 5.02 Å². The highest BCUT2D eigenvalue weighted by atomic mass is 35.5. The quantitative estimate of drug-likeness (QED) is 0.282. The Morgan fingerprint density at radius 3 is 2.64 bits per heavy atom. The summed E-state index contributed by atoms with van der Waals surface area (Å²) in [6, 6.07) is 25.4. The molecular formula is C28H21ClN2O2. The summed E-state index contributed by atoms with van der Waals surface area (Å²) in [6.07, 6.45) is 5.81. The second-order valence-corrected chi connectivity index (χ2v) is 8.18. The number of fused-ring (bicyclic) bond motifs is 2. The summed E-state index contributed by atoms with van der Waals surface area (Å²) in [7, 11) is 0. The van der Waals surface area contributed by atoms with Gasteiger partial charge in [-0.2, -0.15) is 0 Å². The molecule has 0 aliphatic carbocycles. The SMILES string of the molecule is CC(=O)n1cc(C=Cc2ccc3cccc(OCc4ccccc4Cl)c3n2)c2ccccc21. The molecule has 0 aliphatic rings. The predicted molar refractivity (Wildman–Crippen MR) is 135 cm³/mol. The van der Waals surface area contributed by atoms with Gasteiger partial charge in [0.15, 0.2) is 0 Å². The normalized spacial score (nSPS) is 11.5. The van der Waals surface area contributed by atoms with Gasteiger partial charge in [0.1, 0.15) is 17.9 Å². The van der Waals surface area contributed by atoms with Crippen LogP contribution in [0.15, 0.2) is 85.1 Å². The first kappa shape index (κ1) is 21.0. The van der Waals surface area contributed by atoms with Gasteiger partial charge in [-0.25, -0.2) is 4.98 Å². The number of pyridine rings is 1. The second-order valence-electron chi connectivity index (χ2n) is 7.77. The van der Waals surface area contributed by atoms with Crippen molar-refractivity contribution in [2.24, 2.45) is 0 Å². The number of rotatable bonds is 5. The van der Waals surface area contributed by atoms with E-state index in [-0.39, 0.29) is 5.91 Å². The standard InChI is InChI=1S/C28H21ClN2O2/c1-19(32)31-17-21(24-9-3-5-11-26(24)31)14-16-23-15-13-20-8-6-12-27(28(20)30-23)33-18-22-7-2-4-10-25(22)29/h2-17H,18H2,1H3. The number of halogens is 1. The summed E-state index contributed by atoms with van der Waals surface area (Å²) in [5.74, 6) is 0.686. The van der Waals surface area contributed by atoms with Crippen molar-refractivity contribution in [2.75, 3.05) is 0 Å². The molecule has 0 fully saturated rings. The molecule has 5 rings (SSSR count). The fourth-order valence-electron chi connectivity index (χ4n) is 3.89. The van der Waals surface area contributed by atoms with Gasteiger partial charge in [-0.3, -0.25) is 9.36 Å². The maximum Gasteiger partial charge on any atom is 0.227 e. The molecule has 5 aromatic rings. The number of benzene rings is 3. The summed E-state index contributed by atoms with van der Waals surface area (Å²) < 4.78 is 7.75. The third-order valence-corrected chi connectivity index (χ3v) is 5.93. The van der Waals surface area contributed by atoms with Crippen LogP contribution in [-0.2, 0) is 6.61 Å². The average Bonchev–Trinajstić information content (AvgIpc) is 3.21. The number of para-hydroxylation sites is 2. The lowest BCUT2D eigenvalue weighted by atomic mass is 10.1. The monoisotopic (exact) mass is 452 g/mol. The van der Waals surface area contributed by atoms with Gasteiger partial charge in [-0.15, -0.1) is 0 Å². The zero-order chi connectivity index (χ0) is 22.8. The number of ether oxygens (including phenoxy) is 1. The Morgan fingerprint density at radius 1 is 0.970 bits per heavy atom. The van der Waals surface area contributed by atoms with Crippen molar-refractivity contribution in [3.8, 4) is 5.75 Å². The molecule has 0 N–H and O–H groups in total. The molecule has 5 heteroatoms. The Labute approximate surface area is 196 Å². The van der Waals surface area contributed by atoms with Crippen molar-refractivity contribution in [3.63, 3.8) is 0 Å². The molecule has 0 aliphatic heterocycles. The maximum absolute atomic E-state index is 12.0. The van der Waals surface area contributed by atoms with E-state index in [1.165, 1.54) is 0 Å². The lowest BCUT2D eigenvalue weighted by Crippen LogP contribution is -2.02. The van der Waals surface area contributed by atoms with E-state index in [0.717, 1.165) is 38.6 Å². The molecule has 0 atom stereocenters. The van der Waals surface area contributed by atoms with Gasteiger partial charge in [0.25, 0.3) is 0 Å². The van der Waals surface area contributed by atoms with Crippen LogP contribution in [0.5, 0.6) is 5.75 Å². The zero-order valence-corrected chi connectivity index (χ0v) is 18.8. The van der Waals surface area contributed by atoms with Crippen LogP contribution in [-0.4, -0.2) is 15.5 Å². The molecular weight excluding hydrogens is 432 g/mol. The number of hydrogen-bond acceptors (Lipinski definition) is 3.